The second-order valence-electron chi connectivity index (χ2n) is 4.72. The molecule has 2 aromatic rings. The van der Waals surface area contributed by atoms with E-state index >= 15 is 0 Å². The zero-order valence-corrected chi connectivity index (χ0v) is 14.0. The molecule has 2 aromatic carbocycles. The Bertz CT molecular complexity index is 646. The minimum Gasteiger partial charge on any atom is -0.338 e. The zero-order valence-electron chi connectivity index (χ0n) is 11.6. The van der Waals surface area contributed by atoms with Crippen molar-refractivity contribution in [2.75, 3.05) is 11.9 Å². The van der Waals surface area contributed by atoms with Crippen LogP contribution in [0.2, 0.25) is 5.02 Å². The average Bonchev–Trinajstić information content (AvgIpc) is 2.43. The molecule has 0 bridgehead atoms. The monoisotopic (exact) mass is 366 g/mol. The molecule has 0 aliphatic heterocycles. The number of benzene rings is 2. The van der Waals surface area contributed by atoms with Gasteiger partial charge in [-0.2, -0.15) is 0 Å². The van der Waals surface area contributed by atoms with Gasteiger partial charge in [0.15, 0.2) is 0 Å². The van der Waals surface area contributed by atoms with Crippen LogP contribution in [0.25, 0.3) is 0 Å². The van der Waals surface area contributed by atoms with E-state index in [2.05, 4.69) is 26.6 Å². The van der Waals surface area contributed by atoms with Gasteiger partial charge in [-0.1, -0.05) is 39.7 Å². The molecule has 0 heterocycles. The molecule has 0 unspecified atom stereocenters. The number of amides is 2. The number of hydrogen-bond acceptors (Lipinski definition) is 1. The van der Waals surface area contributed by atoms with Crippen molar-refractivity contribution in [1.29, 1.82) is 0 Å². The van der Waals surface area contributed by atoms with E-state index in [0.29, 0.717) is 11.6 Å². The fraction of sp³-hybridized carbons (Fsp3) is 0.188. The molecule has 110 valence electrons. The van der Waals surface area contributed by atoms with Gasteiger partial charge in [0.05, 0.1) is 0 Å². The summed E-state index contributed by atoms with van der Waals surface area (Å²) in [6, 6.07) is 13.1. The molecule has 2 N–H and O–H groups in total. The fourth-order valence-electron chi connectivity index (χ4n) is 1.91. The van der Waals surface area contributed by atoms with Crippen molar-refractivity contribution in [3.8, 4) is 0 Å². The topological polar surface area (TPSA) is 41.1 Å². The number of halogens is 2. The third kappa shape index (κ3) is 5.06. The van der Waals surface area contributed by atoms with E-state index in [-0.39, 0.29) is 6.03 Å². The van der Waals surface area contributed by atoms with Crippen LogP contribution in [0.3, 0.4) is 0 Å². The third-order valence-electron chi connectivity index (χ3n) is 3.00. The van der Waals surface area contributed by atoms with Crippen LogP contribution in [0.4, 0.5) is 10.5 Å². The SMILES string of the molecule is Cc1cc(NC(=O)NCCc2cccc(Cl)c2)ccc1Br. The summed E-state index contributed by atoms with van der Waals surface area (Å²) >= 11 is 9.35. The number of carbonyl (C=O) groups excluding carboxylic acids is 1. The van der Waals surface area contributed by atoms with Crippen LogP contribution in [-0.2, 0) is 6.42 Å². The average molecular weight is 368 g/mol. The molecule has 0 atom stereocenters. The van der Waals surface area contributed by atoms with Gasteiger partial charge in [-0.05, 0) is 54.8 Å². The molecule has 21 heavy (non-hydrogen) atoms. The van der Waals surface area contributed by atoms with E-state index in [9.17, 15) is 4.79 Å². The fourth-order valence-corrected chi connectivity index (χ4v) is 2.37. The largest absolute Gasteiger partial charge is 0.338 e. The highest BCUT2D eigenvalue weighted by Crippen LogP contribution is 2.19. The summed E-state index contributed by atoms with van der Waals surface area (Å²) in [6.45, 7) is 2.54. The van der Waals surface area contributed by atoms with Crippen molar-refractivity contribution in [3.05, 3.63) is 63.1 Å². The van der Waals surface area contributed by atoms with E-state index in [1.807, 2.05) is 49.4 Å². The molecule has 0 fully saturated rings. The Balaban J connectivity index is 1.81. The van der Waals surface area contributed by atoms with Crippen molar-refractivity contribution >= 4 is 39.2 Å². The Labute approximate surface area is 137 Å². The lowest BCUT2D eigenvalue weighted by Crippen LogP contribution is -2.30. The van der Waals surface area contributed by atoms with Crippen LogP contribution in [0.1, 0.15) is 11.1 Å². The first-order valence-electron chi connectivity index (χ1n) is 6.60. The molecule has 0 spiro atoms. The highest BCUT2D eigenvalue weighted by molar-refractivity contribution is 9.10. The molecule has 0 saturated carbocycles. The quantitative estimate of drug-likeness (QED) is 0.802. The van der Waals surface area contributed by atoms with Crippen molar-refractivity contribution in [3.63, 3.8) is 0 Å². The maximum Gasteiger partial charge on any atom is 0.319 e. The van der Waals surface area contributed by atoms with Crippen LogP contribution >= 0.6 is 27.5 Å². The van der Waals surface area contributed by atoms with Crippen LogP contribution in [-0.4, -0.2) is 12.6 Å². The van der Waals surface area contributed by atoms with Gasteiger partial charge in [-0.15, -0.1) is 0 Å². The first kappa shape index (κ1) is 15.9. The lowest BCUT2D eigenvalue weighted by atomic mass is 10.1. The molecular formula is C16H16BrClN2O. The van der Waals surface area contributed by atoms with Crippen LogP contribution in [0.15, 0.2) is 46.9 Å². The highest BCUT2D eigenvalue weighted by Gasteiger charge is 2.03. The number of urea groups is 1. The Morgan fingerprint density at radius 1 is 1.24 bits per heavy atom. The number of anilines is 1. The predicted molar refractivity (Wildman–Crippen MR) is 91.1 cm³/mol. The lowest BCUT2D eigenvalue weighted by Gasteiger charge is -2.09. The van der Waals surface area contributed by atoms with Gasteiger partial charge >= 0.3 is 6.03 Å². The maximum absolute atomic E-state index is 11.8. The van der Waals surface area contributed by atoms with E-state index in [4.69, 9.17) is 11.6 Å². The Morgan fingerprint density at radius 3 is 2.76 bits per heavy atom. The van der Waals surface area contributed by atoms with Gasteiger partial charge in [-0.25, -0.2) is 4.79 Å². The molecule has 0 saturated heterocycles. The predicted octanol–water partition coefficient (Wildman–Crippen LogP) is 4.78. The summed E-state index contributed by atoms with van der Waals surface area (Å²) < 4.78 is 1.02. The van der Waals surface area contributed by atoms with E-state index in [0.717, 1.165) is 27.7 Å². The molecule has 0 aliphatic rings. The summed E-state index contributed by atoms with van der Waals surface area (Å²) in [5.74, 6) is 0. The minimum absolute atomic E-state index is 0.209. The van der Waals surface area contributed by atoms with Gasteiger partial charge in [0, 0.05) is 21.7 Å². The molecule has 0 aliphatic carbocycles. The number of rotatable bonds is 4. The molecule has 0 aromatic heterocycles. The molecule has 2 amide bonds. The van der Waals surface area contributed by atoms with Crippen molar-refractivity contribution < 1.29 is 4.79 Å². The number of nitrogens with one attached hydrogen (secondary N) is 2. The number of hydrogen-bond donors (Lipinski definition) is 2. The maximum atomic E-state index is 11.8. The normalized spacial score (nSPS) is 10.2. The second kappa shape index (κ2) is 7.48. The summed E-state index contributed by atoms with van der Waals surface area (Å²) in [4.78, 5) is 11.8. The Morgan fingerprint density at radius 2 is 2.05 bits per heavy atom. The Kier molecular flexibility index (Phi) is 5.65. The molecule has 5 heteroatoms. The summed E-state index contributed by atoms with van der Waals surface area (Å²) in [5.41, 5.74) is 2.95. The van der Waals surface area contributed by atoms with Crippen LogP contribution in [0, 0.1) is 6.92 Å². The van der Waals surface area contributed by atoms with E-state index < -0.39 is 0 Å². The summed E-state index contributed by atoms with van der Waals surface area (Å²) in [5, 5.41) is 6.35. The Hall–Kier alpha value is -1.52. The van der Waals surface area contributed by atoms with Crippen molar-refractivity contribution in [2.24, 2.45) is 0 Å². The van der Waals surface area contributed by atoms with Crippen molar-refractivity contribution in [1.82, 2.24) is 5.32 Å². The van der Waals surface area contributed by atoms with Crippen LogP contribution < -0.4 is 10.6 Å². The standard InChI is InChI=1S/C16H16BrClN2O/c1-11-9-14(5-6-15(11)17)20-16(21)19-8-7-12-3-2-4-13(18)10-12/h2-6,9-10H,7-8H2,1H3,(H2,19,20,21). The zero-order chi connectivity index (χ0) is 15.2. The van der Waals surface area contributed by atoms with Crippen LogP contribution in [0.5, 0.6) is 0 Å². The van der Waals surface area contributed by atoms with Gasteiger partial charge in [0.2, 0.25) is 0 Å². The van der Waals surface area contributed by atoms with Crippen molar-refractivity contribution in [2.45, 2.75) is 13.3 Å². The molecule has 2 rings (SSSR count). The number of aryl methyl sites for hydroxylation is 1. The minimum atomic E-state index is -0.209. The van der Waals surface area contributed by atoms with Gasteiger partial charge in [-0.3, -0.25) is 0 Å². The smallest absolute Gasteiger partial charge is 0.319 e. The third-order valence-corrected chi connectivity index (χ3v) is 4.13. The van der Waals surface area contributed by atoms with E-state index in [1.54, 1.807) is 0 Å². The first-order valence-corrected chi connectivity index (χ1v) is 7.77. The lowest BCUT2D eigenvalue weighted by molar-refractivity contribution is 0.252. The van der Waals surface area contributed by atoms with Gasteiger partial charge in [0.25, 0.3) is 0 Å². The molecular weight excluding hydrogens is 352 g/mol. The first-order chi connectivity index (χ1) is 10.0. The van der Waals surface area contributed by atoms with Gasteiger partial charge in [0.1, 0.15) is 0 Å². The molecule has 0 radical (unpaired) electrons. The van der Waals surface area contributed by atoms with Gasteiger partial charge < -0.3 is 10.6 Å². The highest BCUT2D eigenvalue weighted by atomic mass is 79.9. The molecule has 3 nitrogen and oxygen atoms in total. The van der Waals surface area contributed by atoms with E-state index in [1.165, 1.54) is 0 Å². The summed E-state index contributed by atoms with van der Waals surface area (Å²) in [6.07, 6.45) is 0.743. The summed E-state index contributed by atoms with van der Waals surface area (Å²) in [7, 11) is 0. The number of carbonyl (C=O) groups is 1. The second-order valence-corrected chi connectivity index (χ2v) is 6.02.